The van der Waals surface area contributed by atoms with Crippen LogP contribution in [-0.2, 0) is 21.4 Å². The molecule has 3 aliphatic heterocycles. The fourth-order valence-electron chi connectivity index (χ4n) is 9.42. The molecule has 4 N–H and O–H groups in total. The summed E-state index contributed by atoms with van der Waals surface area (Å²) in [5.41, 5.74) is 6.58. The molecule has 4 fully saturated rings. The molecule has 3 amide bonds. The minimum Gasteiger partial charge on any atom is -0.396 e. The number of ether oxygens (including phenoxy) is 1. The number of morpholine rings is 1. The third-order valence-corrected chi connectivity index (χ3v) is 12.8. The van der Waals surface area contributed by atoms with Crippen molar-refractivity contribution in [2.45, 2.75) is 88.7 Å². The van der Waals surface area contributed by atoms with Crippen molar-refractivity contribution >= 4 is 52.1 Å². The van der Waals surface area contributed by atoms with E-state index in [4.69, 9.17) is 10.5 Å². The molecule has 3 saturated heterocycles. The molecular formula is C42H53F3N12O5. The highest BCUT2D eigenvalue weighted by Crippen LogP contribution is 2.34. The molecule has 20 heteroatoms. The number of fused-ring (bicyclic) bond motifs is 2. The topological polar surface area (TPSA) is 190 Å². The Morgan fingerprint density at radius 1 is 1.10 bits per heavy atom. The molecule has 1 aliphatic carbocycles. The number of imide groups is 1. The Hall–Kier alpha value is -5.76. The monoisotopic (exact) mass is 862 g/mol. The first-order chi connectivity index (χ1) is 29.8. The quantitative estimate of drug-likeness (QED) is 0.149. The van der Waals surface area contributed by atoms with Crippen molar-refractivity contribution in [2.24, 2.45) is 23.7 Å². The summed E-state index contributed by atoms with van der Waals surface area (Å²) in [6, 6.07) is 5.93. The van der Waals surface area contributed by atoms with E-state index in [0.29, 0.717) is 74.6 Å². The van der Waals surface area contributed by atoms with Crippen LogP contribution >= 0.6 is 0 Å². The van der Waals surface area contributed by atoms with Crippen LogP contribution in [0.15, 0.2) is 57.8 Å². The summed E-state index contributed by atoms with van der Waals surface area (Å²) in [7, 11) is 3.58. The second-order valence-corrected chi connectivity index (χ2v) is 16.9. The first-order valence-electron chi connectivity index (χ1n) is 21.2. The number of hydrogen-bond donors (Lipinski definition) is 3. The maximum Gasteiger partial charge on any atom is 0.329 e. The molecule has 6 heterocycles. The highest BCUT2D eigenvalue weighted by Gasteiger charge is 2.36. The van der Waals surface area contributed by atoms with Gasteiger partial charge in [-0.1, -0.05) is 6.07 Å². The van der Waals surface area contributed by atoms with Crippen LogP contribution in [0.2, 0.25) is 0 Å². The summed E-state index contributed by atoms with van der Waals surface area (Å²) in [5.74, 6) is -0.644. The van der Waals surface area contributed by atoms with Crippen LogP contribution in [0.5, 0.6) is 0 Å². The summed E-state index contributed by atoms with van der Waals surface area (Å²) in [4.78, 5) is 66.8. The number of nitrogens with two attached hydrogens (primary N) is 1. The number of hydrogen-bond acceptors (Lipinski definition) is 12. The van der Waals surface area contributed by atoms with Gasteiger partial charge in [0, 0.05) is 58.1 Å². The van der Waals surface area contributed by atoms with Crippen molar-refractivity contribution in [1.82, 2.24) is 39.3 Å². The molecule has 3 aromatic heterocycles. The van der Waals surface area contributed by atoms with Crippen molar-refractivity contribution in [1.29, 1.82) is 0 Å². The lowest BCUT2D eigenvalue weighted by Gasteiger charge is -2.42. The number of piperidine rings is 2. The number of nitrogens with one attached hydrogen (secondary N) is 2. The largest absolute Gasteiger partial charge is 0.396 e. The summed E-state index contributed by atoms with van der Waals surface area (Å²) >= 11 is 0. The summed E-state index contributed by atoms with van der Waals surface area (Å²) in [6.07, 6.45) is 3.95. The van der Waals surface area contributed by atoms with Gasteiger partial charge in [-0.05, 0) is 76.6 Å². The van der Waals surface area contributed by atoms with Crippen LogP contribution in [-0.4, -0.2) is 130 Å². The lowest BCUT2D eigenvalue weighted by molar-refractivity contribution is -0.135. The number of para-hydroxylation sites is 1. The zero-order chi connectivity index (χ0) is 43.8. The van der Waals surface area contributed by atoms with Crippen LogP contribution in [0, 0.1) is 5.92 Å². The van der Waals surface area contributed by atoms with Gasteiger partial charge in [-0.2, -0.15) is 5.10 Å². The zero-order valence-corrected chi connectivity index (χ0v) is 35.1. The maximum atomic E-state index is 16.1. The van der Waals surface area contributed by atoms with E-state index in [9.17, 15) is 28.0 Å². The van der Waals surface area contributed by atoms with Crippen molar-refractivity contribution < 1.29 is 32.3 Å². The molecule has 17 nitrogen and oxygen atoms in total. The number of halogens is 3. The number of nitrogens with zero attached hydrogens (tertiary/aromatic N) is 9. The molecule has 1 unspecified atom stereocenters. The Labute approximate surface area is 355 Å². The number of rotatable bonds is 11. The lowest BCUT2D eigenvalue weighted by atomic mass is 9.85. The molecule has 1 saturated carbocycles. The molecule has 1 aromatic carbocycles. The van der Waals surface area contributed by atoms with Gasteiger partial charge in [0.05, 0.1) is 53.9 Å². The van der Waals surface area contributed by atoms with Crippen molar-refractivity contribution in [3.63, 3.8) is 0 Å². The number of amides is 3. The number of alkyl halides is 3. The van der Waals surface area contributed by atoms with E-state index in [1.807, 2.05) is 29.8 Å². The number of anilines is 2. The lowest BCUT2D eigenvalue weighted by Crippen LogP contribution is -2.52. The van der Waals surface area contributed by atoms with Gasteiger partial charge in [0.15, 0.2) is 5.65 Å². The molecule has 4 aromatic rings. The first-order valence-corrected chi connectivity index (χ1v) is 21.2. The minimum absolute atomic E-state index is 0.0145. The van der Waals surface area contributed by atoms with Gasteiger partial charge in [-0.15, -0.1) is 0 Å². The minimum atomic E-state index is -3.03. The fourth-order valence-corrected chi connectivity index (χ4v) is 9.42. The second kappa shape index (κ2) is 17.9. The standard InChI is InChI=1S/C42H53F3N12O5/c1-24-21-55(17-18-62-24)34-14-16-56-39(50-34)27(19-48-56)40(59)49-29(36(46)38(44)45)20-47-26-9-7-25(8-10-26)22-52(2)30-13-15-54(23-28(30)43)31-5-4-6-32-37(31)53(3)42(61)57(32)33-11-12-35(58)51-41(33)60/h4-6,14,16,19-20,24-26,28,30,33,38H,7-13,15,17-18,21-23,46H2,1-3H3,(H,49,59)(H,51,58,60)/b36-29+,47-20?/t24-,25?,26?,28+,30-,33?/m0/s1. The van der Waals surface area contributed by atoms with E-state index in [0.717, 1.165) is 12.8 Å². The molecule has 62 heavy (non-hydrogen) atoms. The molecule has 0 spiro atoms. The first kappa shape index (κ1) is 42.9. The van der Waals surface area contributed by atoms with Crippen molar-refractivity contribution in [3.05, 3.63) is 64.1 Å². The highest BCUT2D eigenvalue weighted by atomic mass is 19.3. The Morgan fingerprint density at radius 2 is 1.89 bits per heavy atom. The predicted octanol–water partition coefficient (Wildman–Crippen LogP) is 2.93. The van der Waals surface area contributed by atoms with E-state index in [-0.39, 0.29) is 72.0 Å². The fraction of sp³-hybridized carbons (Fsp3) is 0.548. The number of benzene rings is 1. The smallest absolute Gasteiger partial charge is 0.329 e. The number of imidazole rings is 1. The highest BCUT2D eigenvalue weighted by molar-refractivity contribution is 6.03. The Kier molecular flexibility index (Phi) is 12.4. The third-order valence-electron chi connectivity index (χ3n) is 12.8. The van der Waals surface area contributed by atoms with E-state index >= 15 is 4.39 Å². The van der Waals surface area contributed by atoms with Gasteiger partial charge in [0.25, 0.3) is 12.3 Å². The zero-order valence-electron chi connectivity index (χ0n) is 35.1. The van der Waals surface area contributed by atoms with E-state index in [1.54, 1.807) is 31.4 Å². The van der Waals surface area contributed by atoms with Crippen LogP contribution < -0.4 is 31.9 Å². The molecule has 4 aliphatic rings. The maximum absolute atomic E-state index is 16.1. The van der Waals surface area contributed by atoms with Crippen LogP contribution in [0.3, 0.4) is 0 Å². The second-order valence-electron chi connectivity index (χ2n) is 16.9. The Balaban J connectivity index is 0.863. The Bertz CT molecular complexity index is 2460. The van der Waals surface area contributed by atoms with Crippen LogP contribution in [0.1, 0.15) is 68.3 Å². The van der Waals surface area contributed by atoms with Crippen LogP contribution in [0.4, 0.5) is 24.7 Å². The van der Waals surface area contributed by atoms with Crippen molar-refractivity contribution in [2.75, 3.05) is 56.2 Å². The SMILES string of the molecule is C[C@H]1CN(c2ccn3ncc(C(=O)N/C(C=NC4CCC(CN(C)[C@H]5CCN(c6cccc7c6n(C)c(=O)n7C6CCC(=O)NC6=O)C[C@H]5F)CC4)=C(/N)C(F)F)c3n2)CCO1. The van der Waals surface area contributed by atoms with Gasteiger partial charge in [-0.25, -0.2) is 27.5 Å². The Morgan fingerprint density at radius 3 is 2.61 bits per heavy atom. The molecular weight excluding hydrogens is 810 g/mol. The van der Waals surface area contributed by atoms with Gasteiger partial charge in [0.1, 0.15) is 29.3 Å². The number of aryl methyl sites for hydroxylation is 1. The molecule has 332 valence electrons. The average molecular weight is 863 g/mol. The molecule has 8 rings (SSSR count). The van der Waals surface area contributed by atoms with Crippen molar-refractivity contribution in [3.8, 4) is 0 Å². The van der Waals surface area contributed by atoms with E-state index in [1.165, 1.54) is 26.1 Å². The number of aliphatic imine (C=N–C) groups is 1. The third kappa shape index (κ3) is 8.66. The van der Waals surface area contributed by atoms with E-state index in [2.05, 4.69) is 30.6 Å². The molecule has 0 radical (unpaired) electrons. The number of carbonyl (C=O) groups excluding carboxylic acids is 3. The van der Waals surface area contributed by atoms with Gasteiger partial charge in [0.2, 0.25) is 11.8 Å². The summed E-state index contributed by atoms with van der Waals surface area (Å²) in [5, 5.41) is 9.09. The van der Waals surface area contributed by atoms with Crippen LogP contribution in [0.25, 0.3) is 16.7 Å². The molecule has 4 atom stereocenters. The van der Waals surface area contributed by atoms with Gasteiger partial charge >= 0.3 is 5.69 Å². The number of allylic oxidation sites excluding steroid dienone is 2. The molecule has 0 bridgehead atoms. The predicted molar refractivity (Wildman–Crippen MR) is 226 cm³/mol. The van der Waals surface area contributed by atoms with E-state index < -0.39 is 36.2 Å². The summed E-state index contributed by atoms with van der Waals surface area (Å²) in [6.45, 7) is 5.14. The number of aromatic nitrogens is 5. The average Bonchev–Trinajstić information content (AvgIpc) is 3.80. The normalized spacial score (nSPS) is 25.6. The summed E-state index contributed by atoms with van der Waals surface area (Å²) < 4.78 is 53.9. The number of carbonyl (C=O) groups is 3. The van der Waals surface area contributed by atoms with Gasteiger partial charge in [-0.3, -0.25) is 33.8 Å². The van der Waals surface area contributed by atoms with Gasteiger partial charge < -0.3 is 30.5 Å².